The molecule has 4 nitrogen and oxygen atoms in total. The molecule has 0 atom stereocenters. The van der Waals surface area contributed by atoms with E-state index in [-0.39, 0.29) is 11.4 Å². The molecule has 0 radical (unpaired) electrons. The van der Waals surface area contributed by atoms with Crippen molar-refractivity contribution in [1.29, 1.82) is 0 Å². The summed E-state index contributed by atoms with van der Waals surface area (Å²) in [5.74, 6) is -0.00113. The average molecular weight is 342 g/mol. The molecule has 25 heavy (non-hydrogen) atoms. The molecule has 1 saturated heterocycles. The van der Waals surface area contributed by atoms with E-state index in [1.807, 2.05) is 18.2 Å². The van der Waals surface area contributed by atoms with Gasteiger partial charge in [0.25, 0.3) is 0 Å². The number of rotatable bonds is 5. The Bertz CT molecular complexity index is 582. The van der Waals surface area contributed by atoms with E-state index in [2.05, 4.69) is 29.3 Å². The molecule has 0 unspecified atom stereocenters. The first-order valence-electron chi connectivity index (χ1n) is 9.53. The molecule has 1 aromatic carbocycles. The van der Waals surface area contributed by atoms with Gasteiger partial charge in [-0.05, 0) is 31.4 Å². The van der Waals surface area contributed by atoms with Gasteiger partial charge in [0.15, 0.2) is 0 Å². The van der Waals surface area contributed by atoms with E-state index in [0.717, 1.165) is 38.4 Å². The molecular formula is C21H30N2O2. The van der Waals surface area contributed by atoms with Crippen LogP contribution in [-0.4, -0.2) is 49.2 Å². The summed E-state index contributed by atoms with van der Waals surface area (Å²) in [6.45, 7) is 6.38. The number of aryl methyl sites for hydroxylation is 1. The molecule has 2 fully saturated rings. The van der Waals surface area contributed by atoms with Crippen molar-refractivity contribution in [2.45, 2.75) is 44.6 Å². The molecule has 0 aromatic heterocycles. The average Bonchev–Trinajstić information content (AvgIpc) is 2.67. The van der Waals surface area contributed by atoms with Gasteiger partial charge in [0, 0.05) is 31.2 Å². The lowest BCUT2D eigenvalue weighted by Gasteiger charge is -2.48. The summed E-state index contributed by atoms with van der Waals surface area (Å²) in [7, 11) is 0. The van der Waals surface area contributed by atoms with Gasteiger partial charge in [-0.1, -0.05) is 49.1 Å². The van der Waals surface area contributed by atoms with Crippen molar-refractivity contribution in [3.63, 3.8) is 0 Å². The first-order chi connectivity index (χ1) is 12.2. The van der Waals surface area contributed by atoms with Crippen LogP contribution in [0.5, 0.6) is 0 Å². The first-order valence-corrected chi connectivity index (χ1v) is 9.53. The van der Waals surface area contributed by atoms with Crippen LogP contribution in [0.1, 0.15) is 43.2 Å². The highest BCUT2D eigenvalue weighted by molar-refractivity contribution is 5.91. The number of hydrogen-bond acceptors (Lipinski definition) is 3. The molecule has 1 aromatic rings. The Morgan fingerprint density at radius 2 is 1.84 bits per heavy atom. The fourth-order valence-electron chi connectivity index (χ4n) is 4.01. The summed E-state index contributed by atoms with van der Waals surface area (Å²) in [5, 5.41) is 3.16. The molecule has 136 valence electrons. The normalized spacial score (nSPS) is 21.3. The van der Waals surface area contributed by atoms with Gasteiger partial charge in [-0.3, -0.25) is 9.69 Å². The predicted octanol–water partition coefficient (Wildman–Crippen LogP) is 3.16. The monoisotopic (exact) mass is 342 g/mol. The Morgan fingerprint density at radius 1 is 1.16 bits per heavy atom. The highest BCUT2D eigenvalue weighted by Gasteiger charge is 2.38. The van der Waals surface area contributed by atoms with Crippen molar-refractivity contribution in [2.75, 3.05) is 32.8 Å². The fourth-order valence-corrected chi connectivity index (χ4v) is 4.01. The Labute approximate surface area is 151 Å². The van der Waals surface area contributed by atoms with Gasteiger partial charge in [0.05, 0.1) is 13.2 Å². The Balaban J connectivity index is 1.58. The van der Waals surface area contributed by atoms with Crippen LogP contribution in [0.25, 0.3) is 6.08 Å². The van der Waals surface area contributed by atoms with Gasteiger partial charge in [-0.25, -0.2) is 0 Å². The number of carbonyl (C=O) groups excluding carboxylic acids is 1. The van der Waals surface area contributed by atoms with Gasteiger partial charge >= 0.3 is 0 Å². The molecule has 1 saturated carbocycles. The van der Waals surface area contributed by atoms with Crippen LogP contribution < -0.4 is 5.32 Å². The highest BCUT2D eigenvalue weighted by atomic mass is 16.5. The highest BCUT2D eigenvalue weighted by Crippen LogP contribution is 2.33. The van der Waals surface area contributed by atoms with E-state index in [0.29, 0.717) is 0 Å². The summed E-state index contributed by atoms with van der Waals surface area (Å²) in [5.41, 5.74) is 2.41. The second-order valence-corrected chi connectivity index (χ2v) is 7.35. The minimum atomic E-state index is -0.00113. The molecule has 1 aliphatic heterocycles. The lowest BCUT2D eigenvalue weighted by molar-refractivity contribution is -0.117. The van der Waals surface area contributed by atoms with Crippen LogP contribution >= 0.6 is 0 Å². The molecule has 0 spiro atoms. The maximum atomic E-state index is 12.3. The Morgan fingerprint density at radius 3 is 2.52 bits per heavy atom. The minimum absolute atomic E-state index is 0.00113. The lowest BCUT2D eigenvalue weighted by atomic mass is 9.79. The number of morpholine rings is 1. The lowest BCUT2D eigenvalue weighted by Crippen LogP contribution is -2.59. The molecule has 2 aliphatic rings. The van der Waals surface area contributed by atoms with E-state index in [9.17, 15) is 4.79 Å². The quantitative estimate of drug-likeness (QED) is 0.836. The zero-order valence-corrected chi connectivity index (χ0v) is 15.3. The molecule has 4 heteroatoms. The van der Waals surface area contributed by atoms with E-state index in [1.165, 1.54) is 37.7 Å². The summed E-state index contributed by atoms with van der Waals surface area (Å²) in [6, 6.07) is 8.20. The van der Waals surface area contributed by atoms with Crippen molar-refractivity contribution in [1.82, 2.24) is 10.2 Å². The van der Waals surface area contributed by atoms with Crippen LogP contribution in [-0.2, 0) is 9.53 Å². The van der Waals surface area contributed by atoms with Crippen molar-refractivity contribution in [3.05, 3.63) is 41.5 Å². The summed E-state index contributed by atoms with van der Waals surface area (Å²) >= 11 is 0. The van der Waals surface area contributed by atoms with Gasteiger partial charge in [-0.15, -0.1) is 0 Å². The maximum Gasteiger partial charge on any atom is 0.244 e. The zero-order chi connectivity index (χ0) is 17.5. The zero-order valence-electron chi connectivity index (χ0n) is 15.3. The second-order valence-electron chi connectivity index (χ2n) is 7.35. The van der Waals surface area contributed by atoms with Crippen molar-refractivity contribution in [2.24, 2.45) is 0 Å². The van der Waals surface area contributed by atoms with Gasteiger partial charge < -0.3 is 10.1 Å². The summed E-state index contributed by atoms with van der Waals surface area (Å²) < 4.78 is 5.52. The largest absolute Gasteiger partial charge is 0.379 e. The van der Waals surface area contributed by atoms with Crippen LogP contribution in [0.4, 0.5) is 0 Å². The van der Waals surface area contributed by atoms with Crippen LogP contribution in [0.3, 0.4) is 0 Å². The van der Waals surface area contributed by atoms with Crippen molar-refractivity contribution < 1.29 is 9.53 Å². The fraction of sp³-hybridized carbons (Fsp3) is 0.571. The number of ether oxygens (including phenoxy) is 1. The first kappa shape index (κ1) is 18.2. The van der Waals surface area contributed by atoms with Gasteiger partial charge in [0.1, 0.15) is 0 Å². The Kier molecular flexibility index (Phi) is 6.27. The van der Waals surface area contributed by atoms with E-state index in [4.69, 9.17) is 4.74 Å². The third-order valence-corrected chi connectivity index (χ3v) is 5.56. The molecule has 1 aliphatic carbocycles. The van der Waals surface area contributed by atoms with Crippen LogP contribution in [0.2, 0.25) is 0 Å². The third kappa shape index (κ3) is 4.93. The smallest absolute Gasteiger partial charge is 0.244 e. The van der Waals surface area contributed by atoms with Crippen molar-refractivity contribution >= 4 is 12.0 Å². The summed E-state index contributed by atoms with van der Waals surface area (Å²) in [6.07, 6.45) is 9.72. The molecule has 1 heterocycles. The van der Waals surface area contributed by atoms with Gasteiger partial charge in [0.2, 0.25) is 5.91 Å². The minimum Gasteiger partial charge on any atom is -0.379 e. The standard InChI is InChI=1S/C21H30N2O2/c1-18-5-7-19(8-6-18)9-10-20(24)22-17-21(11-3-2-4-12-21)23-13-15-25-16-14-23/h5-10H,2-4,11-17H2,1H3,(H,22,24)/b10-9+. The third-order valence-electron chi connectivity index (χ3n) is 5.56. The number of nitrogens with one attached hydrogen (secondary N) is 1. The molecule has 3 rings (SSSR count). The molecule has 1 N–H and O–H groups in total. The summed E-state index contributed by atoms with van der Waals surface area (Å²) in [4.78, 5) is 14.9. The predicted molar refractivity (Wildman–Crippen MR) is 101 cm³/mol. The van der Waals surface area contributed by atoms with E-state index < -0.39 is 0 Å². The topological polar surface area (TPSA) is 41.6 Å². The van der Waals surface area contributed by atoms with Gasteiger partial charge in [-0.2, -0.15) is 0 Å². The SMILES string of the molecule is Cc1ccc(/C=C/C(=O)NCC2(N3CCOCC3)CCCCC2)cc1. The number of benzene rings is 1. The number of carbonyl (C=O) groups is 1. The second kappa shape index (κ2) is 8.63. The van der Waals surface area contributed by atoms with E-state index >= 15 is 0 Å². The van der Waals surface area contributed by atoms with Crippen molar-refractivity contribution in [3.8, 4) is 0 Å². The number of nitrogens with zero attached hydrogens (tertiary/aromatic N) is 1. The Hall–Kier alpha value is -1.65. The number of amides is 1. The molecule has 0 bridgehead atoms. The van der Waals surface area contributed by atoms with Crippen LogP contribution in [0, 0.1) is 6.92 Å². The van der Waals surface area contributed by atoms with Crippen LogP contribution in [0.15, 0.2) is 30.3 Å². The number of hydrogen-bond donors (Lipinski definition) is 1. The molecule has 1 amide bonds. The molecular weight excluding hydrogens is 312 g/mol. The van der Waals surface area contributed by atoms with E-state index in [1.54, 1.807) is 6.08 Å². The maximum absolute atomic E-state index is 12.3.